The summed E-state index contributed by atoms with van der Waals surface area (Å²) in [6.07, 6.45) is 0. The number of anilines is 1. The summed E-state index contributed by atoms with van der Waals surface area (Å²) >= 11 is 5.78. The number of benzene rings is 3. The molecule has 9 heteroatoms. The van der Waals surface area contributed by atoms with Crippen LogP contribution in [0, 0.1) is 24.0 Å². The average Bonchev–Trinajstić information content (AvgIpc) is 3.10. The second-order valence-electron chi connectivity index (χ2n) is 7.03. The number of rotatable bonds is 4. The smallest absolute Gasteiger partial charge is 0.288 e. The van der Waals surface area contributed by atoms with Crippen LogP contribution in [0.5, 0.6) is 5.75 Å². The van der Waals surface area contributed by atoms with E-state index in [1.807, 2.05) is 26.0 Å². The van der Waals surface area contributed by atoms with Crippen LogP contribution in [0.25, 0.3) is 22.6 Å². The normalized spacial score (nSPS) is 10.9. The molecule has 0 atom stereocenters. The number of hydrogen-bond acceptors (Lipinski definition) is 6. The third-order valence-corrected chi connectivity index (χ3v) is 5.21. The van der Waals surface area contributed by atoms with Crippen molar-refractivity contribution in [3.8, 4) is 17.2 Å². The van der Waals surface area contributed by atoms with Gasteiger partial charge in [0, 0.05) is 23.4 Å². The minimum Gasteiger partial charge on any atom is -0.507 e. The number of nitrogens with one attached hydrogen (secondary N) is 1. The van der Waals surface area contributed by atoms with Gasteiger partial charge in [-0.05, 0) is 61.4 Å². The van der Waals surface area contributed by atoms with E-state index in [4.69, 9.17) is 16.0 Å². The second kappa shape index (κ2) is 7.73. The van der Waals surface area contributed by atoms with E-state index < -0.39 is 10.8 Å². The number of carbonyl (C=O) groups excluding carboxylic acids is 1. The van der Waals surface area contributed by atoms with Gasteiger partial charge in [-0.15, -0.1) is 0 Å². The van der Waals surface area contributed by atoms with Crippen molar-refractivity contribution in [1.29, 1.82) is 0 Å². The molecule has 4 aromatic rings. The molecule has 0 aliphatic heterocycles. The summed E-state index contributed by atoms with van der Waals surface area (Å²) in [4.78, 5) is 27.2. The number of aromatic nitrogens is 1. The fourth-order valence-corrected chi connectivity index (χ4v) is 3.27. The van der Waals surface area contributed by atoms with Gasteiger partial charge in [0.05, 0.1) is 10.5 Å². The molecule has 1 amide bonds. The molecule has 1 aromatic heterocycles. The molecule has 0 spiro atoms. The van der Waals surface area contributed by atoms with Gasteiger partial charge >= 0.3 is 0 Å². The maximum Gasteiger partial charge on any atom is 0.288 e. The van der Waals surface area contributed by atoms with Crippen LogP contribution in [0.4, 0.5) is 11.4 Å². The molecule has 1 heterocycles. The lowest BCUT2D eigenvalue weighted by atomic mass is 10.1. The molecule has 0 aliphatic carbocycles. The largest absolute Gasteiger partial charge is 0.507 e. The maximum atomic E-state index is 12.5. The van der Waals surface area contributed by atoms with Gasteiger partial charge < -0.3 is 14.8 Å². The van der Waals surface area contributed by atoms with Crippen molar-refractivity contribution >= 4 is 40.0 Å². The Balaban J connectivity index is 1.60. The Bertz CT molecular complexity index is 1320. The Morgan fingerprint density at radius 1 is 1.13 bits per heavy atom. The van der Waals surface area contributed by atoms with Crippen molar-refractivity contribution in [2.24, 2.45) is 0 Å². The van der Waals surface area contributed by atoms with Gasteiger partial charge in [0.2, 0.25) is 5.89 Å². The molecular formula is C22H16ClN3O5. The number of nitrogens with zero attached hydrogens (tertiary/aromatic N) is 2. The molecular weight excluding hydrogens is 422 g/mol. The molecule has 0 fully saturated rings. The van der Waals surface area contributed by atoms with Crippen LogP contribution in [0.2, 0.25) is 5.02 Å². The van der Waals surface area contributed by atoms with Gasteiger partial charge in [-0.2, -0.15) is 0 Å². The number of oxazole rings is 1. The van der Waals surface area contributed by atoms with Crippen LogP contribution in [-0.4, -0.2) is 20.9 Å². The Morgan fingerprint density at radius 3 is 2.58 bits per heavy atom. The summed E-state index contributed by atoms with van der Waals surface area (Å²) in [5.41, 5.74) is 3.80. The third-order valence-electron chi connectivity index (χ3n) is 4.89. The fraction of sp³-hybridized carbons (Fsp3) is 0.0909. The van der Waals surface area contributed by atoms with Crippen LogP contribution >= 0.6 is 11.6 Å². The molecule has 4 rings (SSSR count). The van der Waals surface area contributed by atoms with Crippen LogP contribution in [0.3, 0.4) is 0 Å². The highest BCUT2D eigenvalue weighted by Crippen LogP contribution is 2.34. The van der Waals surface area contributed by atoms with Crippen molar-refractivity contribution in [2.45, 2.75) is 13.8 Å². The van der Waals surface area contributed by atoms with E-state index in [0.29, 0.717) is 22.4 Å². The minimum absolute atomic E-state index is 0.0596. The van der Waals surface area contributed by atoms with Crippen molar-refractivity contribution in [3.05, 3.63) is 80.4 Å². The molecule has 156 valence electrons. The van der Waals surface area contributed by atoms with E-state index in [2.05, 4.69) is 10.3 Å². The van der Waals surface area contributed by atoms with Gasteiger partial charge in [0.15, 0.2) is 5.58 Å². The molecule has 2 N–H and O–H groups in total. The molecule has 0 unspecified atom stereocenters. The number of nitro groups is 1. The Labute approximate surface area is 181 Å². The number of carbonyl (C=O) groups is 1. The van der Waals surface area contributed by atoms with Gasteiger partial charge in [-0.1, -0.05) is 11.6 Å². The number of nitro benzene ring substituents is 1. The number of amides is 1. The molecule has 0 aliphatic rings. The predicted octanol–water partition coefficient (Wildman–Crippen LogP) is 5.63. The number of aryl methyl sites for hydroxylation is 2. The summed E-state index contributed by atoms with van der Waals surface area (Å²) in [6.45, 7) is 3.95. The minimum atomic E-state index is -0.664. The Kier molecular flexibility index (Phi) is 5.08. The van der Waals surface area contributed by atoms with Crippen LogP contribution in [0.1, 0.15) is 21.5 Å². The number of fused-ring (bicyclic) bond motifs is 1. The Hall–Kier alpha value is -3.91. The lowest BCUT2D eigenvalue weighted by Crippen LogP contribution is -2.12. The molecule has 0 saturated heterocycles. The molecule has 0 saturated carbocycles. The van der Waals surface area contributed by atoms with Gasteiger partial charge in [-0.3, -0.25) is 14.9 Å². The quantitative estimate of drug-likeness (QED) is 0.315. The lowest BCUT2D eigenvalue weighted by Gasteiger charge is -2.08. The number of phenolic OH excluding ortho intramolecular Hbond substituents is 1. The van der Waals surface area contributed by atoms with Crippen molar-refractivity contribution in [3.63, 3.8) is 0 Å². The van der Waals surface area contributed by atoms with Crippen molar-refractivity contribution < 1.29 is 19.2 Å². The van der Waals surface area contributed by atoms with Crippen molar-refractivity contribution in [1.82, 2.24) is 4.98 Å². The number of phenols is 1. The first kappa shape index (κ1) is 20.4. The number of halogens is 1. The van der Waals surface area contributed by atoms with E-state index in [9.17, 15) is 20.0 Å². The van der Waals surface area contributed by atoms with Gasteiger partial charge in [-0.25, -0.2) is 4.98 Å². The Morgan fingerprint density at radius 2 is 1.87 bits per heavy atom. The predicted molar refractivity (Wildman–Crippen MR) is 117 cm³/mol. The van der Waals surface area contributed by atoms with E-state index in [-0.39, 0.29) is 27.9 Å². The zero-order valence-electron chi connectivity index (χ0n) is 16.5. The summed E-state index contributed by atoms with van der Waals surface area (Å²) in [7, 11) is 0. The molecule has 0 bridgehead atoms. The molecule has 8 nitrogen and oxygen atoms in total. The van der Waals surface area contributed by atoms with Gasteiger partial charge in [0.1, 0.15) is 16.3 Å². The molecule has 31 heavy (non-hydrogen) atoms. The fourth-order valence-electron chi connectivity index (χ4n) is 3.08. The maximum absolute atomic E-state index is 12.5. The summed E-state index contributed by atoms with van der Waals surface area (Å²) in [6, 6.07) is 12.0. The van der Waals surface area contributed by atoms with Crippen LogP contribution in [0.15, 0.2) is 52.9 Å². The first-order valence-corrected chi connectivity index (χ1v) is 9.57. The second-order valence-corrected chi connectivity index (χ2v) is 7.44. The van der Waals surface area contributed by atoms with Crippen LogP contribution in [-0.2, 0) is 0 Å². The highest BCUT2D eigenvalue weighted by Gasteiger charge is 2.18. The first-order chi connectivity index (χ1) is 14.7. The van der Waals surface area contributed by atoms with Gasteiger partial charge in [0.25, 0.3) is 11.6 Å². The third kappa shape index (κ3) is 3.93. The zero-order chi connectivity index (χ0) is 22.3. The zero-order valence-corrected chi connectivity index (χ0v) is 17.2. The van der Waals surface area contributed by atoms with Crippen LogP contribution < -0.4 is 5.32 Å². The van der Waals surface area contributed by atoms with E-state index in [1.54, 1.807) is 12.1 Å². The first-order valence-electron chi connectivity index (χ1n) is 9.19. The molecule has 0 radical (unpaired) electrons. The highest BCUT2D eigenvalue weighted by molar-refractivity contribution is 6.32. The average molecular weight is 438 g/mol. The highest BCUT2D eigenvalue weighted by atomic mass is 35.5. The van der Waals surface area contributed by atoms with Crippen molar-refractivity contribution in [2.75, 3.05) is 5.32 Å². The summed E-state index contributed by atoms with van der Waals surface area (Å²) in [5, 5.41) is 24.0. The lowest BCUT2D eigenvalue weighted by molar-refractivity contribution is -0.384. The summed E-state index contributed by atoms with van der Waals surface area (Å²) in [5.74, 6) is -0.469. The number of hydrogen-bond donors (Lipinski definition) is 2. The van der Waals surface area contributed by atoms with E-state index in [1.165, 1.54) is 18.2 Å². The number of aromatic hydroxyl groups is 1. The van der Waals surface area contributed by atoms with E-state index in [0.717, 1.165) is 17.2 Å². The SMILES string of the molecule is Cc1cc2nc(-c3ccc(NC(=O)c4ccc(Cl)c([N+](=O)[O-])c4)cc3O)oc2cc1C. The standard InChI is InChI=1S/C22H16ClN3O5/c1-11-7-17-20(8-12(11)2)31-22(25-17)15-5-4-14(10-19(15)27)24-21(28)13-3-6-16(23)18(9-13)26(29)30/h3-10,27H,1-2H3,(H,24,28). The van der Waals surface area contributed by atoms with E-state index >= 15 is 0 Å². The monoisotopic (exact) mass is 437 g/mol. The molecule has 3 aromatic carbocycles. The summed E-state index contributed by atoms with van der Waals surface area (Å²) < 4.78 is 5.77. The topological polar surface area (TPSA) is 118 Å².